The van der Waals surface area contributed by atoms with Crippen LogP contribution in [-0.2, 0) is 13.1 Å². The molecule has 0 fully saturated rings. The summed E-state index contributed by atoms with van der Waals surface area (Å²) in [7, 11) is 1.56. The average molecular weight is 366 g/mol. The van der Waals surface area contributed by atoms with E-state index < -0.39 is 0 Å². The van der Waals surface area contributed by atoms with Crippen LogP contribution in [0.3, 0.4) is 0 Å². The molecular formula is C18H24ClN3O3. The number of nitrogens with one attached hydrogen (secondary N) is 1. The third kappa shape index (κ3) is 5.04. The summed E-state index contributed by atoms with van der Waals surface area (Å²) in [6.45, 7) is 5.42. The van der Waals surface area contributed by atoms with Crippen molar-refractivity contribution in [2.75, 3.05) is 20.3 Å². The lowest BCUT2D eigenvalue weighted by Crippen LogP contribution is -2.31. The summed E-state index contributed by atoms with van der Waals surface area (Å²) in [6.07, 6.45) is 0. The molecule has 0 aliphatic rings. The molecule has 0 saturated heterocycles. The van der Waals surface area contributed by atoms with Crippen LogP contribution in [0.25, 0.3) is 11.3 Å². The Hall–Kier alpha value is -1.89. The highest BCUT2D eigenvalue weighted by atomic mass is 35.5. The minimum absolute atomic E-state index is 0.0201. The Kier molecular flexibility index (Phi) is 6.99. The maximum atomic E-state index is 12.6. The summed E-state index contributed by atoms with van der Waals surface area (Å²) in [5, 5.41) is 16.9. The fraction of sp³-hybridized carbons (Fsp3) is 0.444. The second-order valence-electron chi connectivity index (χ2n) is 6.19. The number of benzene rings is 1. The number of aromatic nitrogens is 2. The zero-order valence-corrected chi connectivity index (χ0v) is 15.5. The molecule has 0 amide bonds. The molecular weight excluding hydrogens is 342 g/mol. The molecule has 2 N–H and O–H groups in total. The van der Waals surface area contributed by atoms with E-state index in [0.717, 1.165) is 5.56 Å². The predicted molar refractivity (Wildman–Crippen MR) is 99.1 cm³/mol. The van der Waals surface area contributed by atoms with Gasteiger partial charge in [0.2, 0.25) is 0 Å². The van der Waals surface area contributed by atoms with E-state index in [1.54, 1.807) is 25.3 Å². The summed E-state index contributed by atoms with van der Waals surface area (Å²) in [4.78, 5) is 12.6. The second-order valence-corrected chi connectivity index (χ2v) is 6.59. The lowest BCUT2D eigenvalue weighted by Gasteiger charge is -2.13. The number of ether oxygens (including phenoxy) is 1. The van der Waals surface area contributed by atoms with Crippen LogP contribution in [0.4, 0.5) is 0 Å². The Morgan fingerprint density at radius 2 is 2.12 bits per heavy atom. The second kappa shape index (κ2) is 8.99. The maximum Gasteiger partial charge on any atom is 0.271 e. The quantitative estimate of drug-likeness (QED) is 0.702. The largest absolute Gasteiger partial charge is 0.495 e. The number of hydrogen-bond acceptors (Lipinski definition) is 5. The Bertz CT molecular complexity index is 775. The number of halogens is 1. The van der Waals surface area contributed by atoms with E-state index in [1.807, 2.05) is 19.9 Å². The van der Waals surface area contributed by atoms with E-state index in [1.165, 1.54) is 4.68 Å². The minimum Gasteiger partial charge on any atom is -0.495 e. The summed E-state index contributed by atoms with van der Waals surface area (Å²) in [5.74, 6) is 0.879. The fourth-order valence-electron chi connectivity index (χ4n) is 2.46. The highest BCUT2D eigenvalue weighted by molar-refractivity contribution is 6.32. The van der Waals surface area contributed by atoms with E-state index in [-0.39, 0.29) is 18.1 Å². The molecule has 0 radical (unpaired) electrons. The first kappa shape index (κ1) is 19.4. The highest BCUT2D eigenvalue weighted by Crippen LogP contribution is 2.29. The minimum atomic E-state index is -0.123. The summed E-state index contributed by atoms with van der Waals surface area (Å²) in [5.41, 5.74) is 1.96. The van der Waals surface area contributed by atoms with Gasteiger partial charge in [0, 0.05) is 30.8 Å². The number of rotatable bonds is 8. The van der Waals surface area contributed by atoms with Gasteiger partial charge in [-0.1, -0.05) is 25.4 Å². The van der Waals surface area contributed by atoms with Crippen LogP contribution in [0.2, 0.25) is 5.02 Å². The van der Waals surface area contributed by atoms with Crippen molar-refractivity contribution < 1.29 is 9.84 Å². The topological polar surface area (TPSA) is 76.4 Å². The van der Waals surface area contributed by atoms with Gasteiger partial charge in [-0.25, -0.2) is 4.68 Å². The Morgan fingerprint density at radius 3 is 2.72 bits per heavy atom. The standard InChI is InChI=1S/C18H24ClN3O3/c1-12(2)11-22-18(24)14(10-20-6-7-23)9-16(21-22)13-4-5-17(25-3)15(19)8-13/h4-5,8-9,12,20,23H,6-7,10-11H2,1-3H3. The molecule has 0 unspecified atom stereocenters. The van der Waals surface area contributed by atoms with Crippen LogP contribution >= 0.6 is 11.6 Å². The highest BCUT2D eigenvalue weighted by Gasteiger charge is 2.12. The molecule has 1 aromatic carbocycles. The molecule has 0 spiro atoms. The Morgan fingerprint density at radius 1 is 1.36 bits per heavy atom. The van der Waals surface area contributed by atoms with E-state index in [0.29, 0.717) is 41.7 Å². The van der Waals surface area contributed by atoms with Gasteiger partial charge in [0.15, 0.2) is 0 Å². The molecule has 2 aromatic rings. The van der Waals surface area contributed by atoms with Gasteiger partial charge in [-0.15, -0.1) is 0 Å². The monoisotopic (exact) mass is 365 g/mol. The average Bonchev–Trinajstić information content (AvgIpc) is 2.57. The van der Waals surface area contributed by atoms with Crippen molar-refractivity contribution in [3.8, 4) is 17.0 Å². The normalized spacial score (nSPS) is 11.1. The number of aliphatic hydroxyl groups excluding tert-OH is 1. The number of hydrogen-bond donors (Lipinski definition) is 2. The molecule has 0 atom stereocenters. The van der Waals surface area contributed by atoms with Crippen molar-refractivity contribution in [1.82, 2.24) is 15.1 Å². The zero-order chi connectivity index (χ0) is 18.4. The van der Waals surface area contributed by atoms with Gasteiger partial charge in [0.05, 0.1) is 24.4 Å². The van der Waals surface area contributed by atoms with Crippen LogP contribution in [-0.4, -0.2) is 35.1 Å². The third-order valence-electron chi connectivity index (χ3n) is 3.64. The predicted octanol–water partition coefficient (Wildman–Crippen LogP) is 2.31. The van der Waals surface area contributed by atoms with Crippen molar-refractivity contribution in [2.24, 2.45) is 5.92 Å². The molecule has 1 aromatic heterocycles. The number of methoxy groups -OCH3 is 1. The molecule has 136 valence electrons. The Balaban J connectivity index is 2.47. The van der Waals surface area contributed by atoms with Crippen molar-refractivity contribution in [3.63, 3.8) is 0 Å². The van der Waals surface area contributed by atoms with Gasteiger partial charge in [0.1, 0.15) is 5.75 Å². The SMILES string of the molecule is COc1ccc(-c2cc(CNCCO)c(=O)n(CC(C)C)n2)cc1Cl. The van der Waals surface area contributed by atoms with E-state index >= 15 is 0 Å². The van der Waals surface area contributed by atoms with E-state index in [4.69, 9.17) is 21.4 Å². The van der Waals surface area contributed by atoms with Crippen molar-refractivity contribution >= 4 is 11.6 Å². The molecule has 1 heterocycles. The lowest BCUT2D eigenvalue weighted by molar-refractivity contribution is 0.291. The smallest absolute Gasteiger partial charge is 0.271 e. The molecule has 0 bridgehead atoms. The first-order chi connectivity index (χ1) is 12.0. The number of aliphatic hydroxyl groups is 1. The molecule has 0 aliphatic heterocycles. The van der Waals surface area contributed by atoms with Gasteiger partial charge < -0.3 is 15.2 Å². The van der Waals surface area contributed by atoms with Gasteiger partial charge in [-0.3, -0.25) is 4.79 Å². The molecule has 6 nitrogen and oxygen atoms in total. The molecule has 0 saturated carbocycles. The molecule has 0 aliphatic carbocycles. The van der Waals surface area contributed by atoms with E-state index in [9.17, 15) is 4.79 Å². The summed E-state index contributed by atoms with van der Waals surface area (Å²) < 4.78 is 6.67. The fourth-order valence-corrected chi connectivity index (χ4v) is 2.72. The number of nitrogens with zero attached hydrogens (tertiary/aromatic N) is 2. The lowest BCUT2D eigenvalue weighted by atomic mass is 10.1. The third-order valence-corrected chi connectivity index (χ3v) is 3.93. The summed E-state index contributed by atoms with van der Waals surface area (Å²) >= 11 is 6.22. The van der Waals surface area contributed by atoms with Crippen LogP contribution in [0.5, 0.6) is 5.75 Å². The van der Waals surface area contributed by atoms with Crippen molar-refractivity contribution in [2.45, 2.75) is 26.9 Å². The first-order valence-electron chi connectivity index (χ1n) is 8.22. The van der Waals surface area contributed by atoms with Crippen LogP contribution in [0, 0.1) is 5.92 Å². The van der Waals surface area contributed by atoms with Gasteiger partial charge in [-0.2, -0.15) is 5.10 Å². The first-order valence-corrected chi connectivity index (χ1v) is 8.60. The van der Waals surface area contributed by atoms with Crippen molar-refractivity contribution in [1.29, 1.82) is 0 Å². The summed E-state index contributed by atoms with van der Waals surface area (Å²) in [6, 6.07) is 7.18. The van der Waals surface area contributed by atoms with Crippen molar-refractivity contribution in [3.05, 3.63) is 45.2 Å². The maximum absolute atomic E-state index is 12.6. The van der Waals surface area contributed by atoms with Crippen LogP contribution in [0.1, 0.15) is 19.4 Å². The van der Waals surface area contributed by atoms with Gasteiger partial charge in [-0.05, 0) is 30.2 Å². The van der Waals surface area contributed by atoms with E-state index in [2.05, 4.69) is 10.4 Å². The van der Waals surface area contributed by atoms with Crippen LogP contribution < -0.4 is 15.6 Å². The zero-order valence-electron chi connectivity index (χ0n) is 14.8. The molecule has 2 rings (SSSR count). The van der Waals surface area contributed by atoms with Crippen LogP contribution in [0.15, 0.2) is 29.1 Å². The van der Waals surface area contributed by atoms with Gasteiger partial charge in [0.25, 0.3) is 5.56 Å². The Labute approximate surface area is 152 Å². The van der Waals surface area contributed by atoms with Gasteiger partial charge >= 0.3 is 0 Å². The molecule has 7 heteroatoms. The molecule has 25 heavy (non-hydrogen) atoms.